The number of para-hydroxylation sites is 1. The van der Waals surface area contributed by atoms with Crippen LogP contribution in [0.3, 0.4) is 0 Å². The third kappa shape index (κ3) is 3.51. The second-order valence-electron chi connectivity index (χ2n) is 4.68. The van der Waals surface area contributed by atoms with Gasteiger partial charge < -0.3 is 15.4 Å². The van der Waals surface area contributed by atoms with Gasteiger partial charge in [-0.2, -0.15) is 0 Å². The Hall–Kier alpha value is -2.56. The van der Waals surface area contributed by atoms with Crippen LogP contribution < -0.4 is 15.4 Å². The molecule has 2 aromatic rings. The minimum absolute atomic E-state index is 0.238. The van der Waals surface area contributed by atoms with Crippen molar-refractivity contribution in [3.63, 3.8) is 0 Å². The zero-order valence-corrected chi connectivity index (χ0v) is 11.5. The van der Waals surface area contributed by atoms with Crippen LogP contribution in [0.5, 0.6) is 5.75 Å². The Bertz CT molecular complexity index is 643. The minimum atomic E-state index is -0.238. The van der Waals surface area contributed by atoms with Crippen molar-refractivity contribution in [3.8, 4) is 5.75 Å². The fourth-order valence-corrected chi connectivity index (χ4v) is 2.10. The van der Waals surface area contributed by atoms with E-state index in [0.29, 0.717) is 25.7 Å². The van der Waals surface area contributed by atoms with Crippen LogP contribution in [0.1, 0.15) is 5.56 Å². The maximum Gasteiger partial charge on any atom is 0.196 e. The number of aliphatic imine (C=N–C) groups is 1. The molecule has 0 amide bonds. The molecule has 1 aliphatic heterocycles. The Morgan fingerprint density at radius 3 is 2.90 bits per heavy atom. The second-order valence-corrected chi connectivity index (χ2v) is 4.68. The maximum atomic E-state index is 13.1. The molecule has 3 rings (SSSR count). The Morgan fingerprint density at radius 2 is 2.05 bits per heavy atom. The third-order valence-corrected chi connectivity index (χ3v) is 3.13. The van der Waals surface area contributed by atoms with Gasteiger partial charge in [0.2, 0.25) is 0 Å². The molecule has 1 aliphatic rings. The van der Waals surface area contributed by atoms with Crippen molar-refractivity contribution in [2.45, 2.75) is 6.54 Å². The van der Waals surface area contributed by atoms with Crippen LogP contribution in [-0.4, -0.2) is 19.1 Å². The van der Waals surface area contributed by atoms with Crippen LogP contribution in [0.15, 0.2) is 53.5 Å². The molecule has 21 heavy (non-hydrogen) atoms. The first-order valence-corrected chi connectivity index (χ1v) is 6.83. The number of rotatable bonds is 4. The number of halogens is 1. The van der Waals surface area contributed by atoms with Crippen LogP contribution in [0.4, 0.5) is 10.1 Å². The Kier molecular flexibility index (Phi) is 4.00. The molecule has 0 radical (unpaired) electrons. The van der Waals surface area contributed by atoms with Gasteiger partial charge in [-0.15, -0.1) is 0 Å². The SMILES string of the molecule is Fc1ccc2c(c1)CN=C(NCCOc1ccccc1)N2. The summed E-state index contributed by atoms with van der Waals surface area (Å²) in [5, 5.41) is 6.31. The summed E-state index contributed by atoms with van der Waals surface area (Å²) >= 11 is 0. The average Bonchev–Trinajstić information content (AvgIpc) is 2.52. The number of fused-ring (bicyclic) bond motifs is 1. The topological polar surface area (TPSA) is 45.7 Å². The lowest BCUT2D eigenvalue weighted by atomic mass is 10.1. The van der Waals surface area contributed by atoms with Gasteiger partial charge in [-0.25, -0.2) is 9.38 Å². The Balaban J connectivity index is 1.47. The molecule has 0 spiro atoms. The summed E-state index contributed by atoms with van der Waals surface area (Å²) in [5.41, 5.74) is 1.75. The van der Waals surface area contributed by atoms with E-state index in [-0.39, 0.29) is 5.82 Å². The molecule has 108 valence electrons. The van der Waals surface area contributed by atoms with E-state index in [4.69, 9.17) is 4.74 Å². The highest BCUT2D eigenvalue weighted by Gasteiger charge is 2.11. The molecule has 4 nitrogen and oxygen atoms in total. The lowest BCUT2D eigenvalue weighted by Crippen LogP contribution is -2.35. The van der Waals surface area contributed by atoms with Crippen molar-refractivity contribution in [2.24, 2.45) is 4.99 Å². The van der Waals surface area contributed by atoms with Crippen molar-refractivity contribution in [1.29, 1.82) is 0 Å². The van der Waals surface area contributed by atoms with E-state index in [9.17, 15) is 4.39 Å². The van der Waals surface area contributed by atoms with E-state index in [1.807, 2.05) is 30.3 Å². The van der Waals surface area contributed by atoms with E-state index in [0.717, 1.165) is 17.0 Å². The van der Waals surface area contributed by atoms with Crippen LogP contribution in [0, 0.1) is 5.82 Å². The number of ether oxygens (including phenoxy) is 1. The summed E-state index contributed by atoms with van der Waals surface area (Å²) in [7, 11) is 0. The molecule has 2 aromatic carbocycles. The number of guanidine groups is 1. The second kappa shape index (κ2) is 6.26. The molecule has 0 fully saturated rings. The number of nitrogens with one attached hydrogen (secondary N) is 2. The zero-order chi connectivity index (χ0) is 14.5. The molecule has 2 N–H and O–H groups in total. The average molecular weight is 285 g/mol. The summed E-state index contributed by atoms with van der Waals surface area (Å²) in [4.78, 5) is 4.33. The molecule has 1 heterocycles. The number of benzene rings is 2. The summed E-state index contributed by atoms with van der Waals surface area (Å²) in [6.45, 7) is 1.65. The quantitative estimate of drug-likeness (QED) is 0.849. The van der Waals surface area contributed by atoms with Crippen molar-refractivity contribution >= 4 is 11.6 Å². The fourth-order valence-electron chi connectivity index (χ4n) is 2.10. The van der Waals surface area contributed by atoms with Crippen LogP contribution >= 0.6 is 0 Å². The molecule has 0 aromatic heterocycles. The van der Waals surface area contributed by atoms with Gasteiger partial charge in [-0.05, 0) is 30.3 Å². The summed E-state index contributed by atoms with van der Waals surface area (Å²) < 4.78 is 18.7. The number of nitrogens with zero attached hydrogens (tertiary/aromatic N) is 1. The fraction of sp³-hybridized carbons (Fsp3) is 0.188. The van der Waals surface area contributed by atoms with Crippen molar-refractivity contribution in [2.75, 3.05) is 18.5 Å². The number of anilines is 1. The molecule has 5 heteroatoms. The standard InChI is InChI=1S/C16H16FN3O/c17-13-6-7-15-12(10-13)11-19-16(20-15)18-8-9-21-14-4-2-1-3-5-14/h1-7,10H,8-9,11H2,(H2,18,19,20). The molecule has 0 atom stereocenters. The first-order chi connectivity index (χ1) is 10.3. The zero-order valence-electron chi connectivity index (χ0n) is 11.5. The summed E-state index contributed by atoms with van der Waals surface area (Å²) in [6, 6.07) is 14.3. The highest BCUT2D eigenvalue weighted by Crippen LogP contribution is 2.20. The smallest absolute Gasteiger partial charge is 0.196 e. The van der Waals surface area contributed by atoms with Crippen molar-refractivity contribution in [3.05, 3.63) is 59.9 Å². The van der Waals surface area contributed by atoms with Gasteiger partial charge >= 0.3 is 0 Å². The van der Waals surface area contributed by atoms with Gasteiger partial charge in [-0.1, -0.05) is 18.2 Å². The molecule has 0 saturated heterocycles. The lowest BCUT2D eigenvalue weighted by molar-refractivity contribution is 0.322. The van der Waals surface area contributed by atoms with Gasteiger partial charge in [0.1, 0.15) is 18.2 Å². The highest BCUT2D eigenvalue weighted by atomic mass is 19.1. The summed E-state index contributed by atoms with van der Waals surface area (Å²) in [6.07, 6.45) is 0. The van der Waals surface area contributed by atoms with E-state index in [1.165, 1.54) is 12.1 Å². The monoisotopic (exact) mass is 285 g/mol. The molecular weight excluding hydrogens is 269 g/mol. The van der Waals surface area contributed by atoms with E-state index >= 15 is 0 Å². The predicted molar refractivity (Wildman–Crippen MR) is 81.1 cm³/mol. The molecule has 0 unspecified atom stereocenters. The van der Waals surface area contributed by atoms with Crippen molar-refractivity contribution < 1.29 is 9.13 Å². The van der Waals surface area contributed by atoms with Gasteiger partial charge in [0.25, 0.3) is 0 Å². The van der Waals surface area contributed by atoms with Gasteiger partial charge in [0, 0.05) is 11.3 Å². The molecular formula is C16H16FN3O. The maximum absolute atomic E-state index is 13.1. The molecule has 0 aliphatic carbocycles. The first-order valence-electron chi connectivity index (χ1n) is 6.83. The van der Waals surface area contributed by atoms with Crippen LogP contribution in [-0.2, 0) is 6.54 Å². The van der Waals surface area contributed by atoms with E-state index < -0.39 is 0 Å². The molecule has 0 bridgehead atoms. The first kappa shape index (κ1) is 13.4. The van der Waals surface area contributed by atoms with E-state index in [1.54, 1.807) is 6.07 Å². The van der Waals surface area contributed by atoms with Gasteiger partial charge in [0.05, 0.1) is 13.1 Å². The van der Waals surface area contributed by atoms with Crippen LogP contribution in [0.2, 0.25) is 0 Å². The summed E-state index contributed by atoms with van der Waals surface area (Å²) in [5.74, 6) is 1.29. The highest BCUT2D eigenvalue weighted by molar-refractivity contribution is 5.95. The van der Waals surface area contributed by atoms with Gasteiger partial charge in [-0.3, -0.25) is 0 Å². The number of hydrogen-bond donors (Lipinski definition) is 2. The largest absolute Gasteiger partial charge is 0.492 e. The number of hydrogen-bond acceptors (Lipinski definition) is 4. The normalized spacial score (nSPS) is 12.9. The Labute approximate surface area is 122 Å². The van der Waals surface area contributed by atoms with E-state index in [2.05, 4.69) is 15.6 Å². The third-order valence-electron chi connectivity index (χ3n) is 3.13. The lowest BCUT2D eigenvalue weighted by Gasteiger charge is -2.19. The van der Waals surface area contributed by atoms with Crippen molar-refractivity contribution in [1.82, 2.24) is 5.32 Å². The minimum Gasteiger partial charge on any atom is -0.492 e. The van der Waals surface area contributed by atoms with Gasteiger partial charge in [0.15, 0.2) is 5.96 Å². The predicted octanol–water partition coefficient (Wildman–Crippen LogP) is 2.78. The van der Waals surface area contributed by atoms with Crippen LogP contribution in [0.25, 0.3) is 0 Å². The Morgan fingerprint density at radius 1 is 1.19 bits per heavy atom. The molecule has 0 saturated carbocycles.